The molecule has 0 fully saturated rings. The predicted molar refractivity (Wildman–Crippen MR) is 97.9 cm³/mol. The number of rotatable bonds is 4. The zero-order valence-corrected chi connectivity index (χ0v) is 14.6. The second-order valence-corrected chi connectivity index (χ2v) is 7.45. The maximum atomic E-state index is 11.3. The molecule has 1 N–H and O–H groups in total. The highest BCUT2D eigenvalue weighted by Crippen LogP contribution is 2.22. The lowest BCUT2D eigenvalue weighted by Gasteiger charge is -2.06. The molecule has 4 rings (SSSR count). The minimum Gasteiger partial charge on any atom is -0.284 e. The maximum Gasteiger partial charge on any atom is 0.229 e. The summed E-state index contributed by atoms with van der Waals surface area (Å²) in [5.41, 5.74) is 3.50. The quantitative estimate of drug-likeness (QED) is 0.594. The normalized spacial score (nSPS) is 11.6. The third-order valence-electron chi connectivity index (χ3n) is 3.67. The van der Waals surface area contributed by atoms with Crippen LogP contribution in [0.25, 0.3) is 28.3 Å². The first-order chi connectivity index (χ1) is 12.5. The fourth-order valence-corrected chi connectivity index (χ4v) is 3.11. The number of hydrogen-bond acceptors (Lipinski definition) is 6. The summed E-state index contributed by atoms with van der Waals surface area (Å²) in [6, 6.07) is 14.4. The van der Waals surface area contributed by atoms with E-state index in [-0.39, 0.29) is 0 Å². The molecule has 130 valence electrons. The van der Waals surface area contributed by atoms with E-state index < -0.39 is 10.0 Å². The maximum absolute atomic E-state index is 11.3. The molecule has 0 aliphatic carbocycles. The average molecular weight is 366 g/mol. The van der Waals surface area contributed by atoms with Gasteiger partial charge in [-0.15, -0.1) is 10.2 Å². The molecule has 3 aromatic heterocycles. The molecule has 1 aromatic carbocycles. The molecule has 8 nitrogen and oxygen atoms in total. The summed E-state index contributed by atoms with van der Waals surface area (Å²) in [6.07, 6.45) is 4.51. The van der Waals surface area contributed by atoms with E-state index >= 15 is 0 Å². The van der Waals surface area contributed by atoms with Crippen LogP contribution in [0.3, 0.4) is 0 Å². The van der Waals surface area contributed by atoms with Crippen molar-refractivity contribution in [3.8, 4) is 22.6 Å². The zero-order valence-electron chi connectivity index (χ0n) is 13.7. The van der Waals surface area contributed by atoms with Gasteiger partial charge in [0.15, 0.2) is 11.5 Å². The van der Waals surface area contributed by atoms with E-state index in [2.05, 4.69) is 25.0 Å². The Morgan fingerprint density at radius 3 is 2.46 bits per heavy atom. The third kappa shape index (κ3) is 3.24. The van der Waals surface area contributed by atoms with Gasteiger partial charge in [-0.3, -0.25) is 9.71 Å². The van der Waals surface area contributed by atoms with Gasteiger partial charge in [0, 0.05) is 29.2 Å². The second kappa shape index (κ2) is 6.19. The van der Waals surface area contributed by atoms with Gasteiger partial charge in [0.25, 0.3) is 0 Å². The van der Waals surface area contributed by atoms with Crippen molar-refractivity contribution in [2.75, 3.05) is 11.0 Å². The minimum atomic E-state index is -3.30. The van der Waals surface area contributed by atoms with E-state index in [1.165, 1.54) is 0 Å². The summed E-state index contributed by atoms with van der Waals surface area (Å²) in [7, 11) is -3.30. The third-order valence-corrected chi connectivity index (χ3v) is 4.27. The zero-order chi connectivity index (χ0) is 18.1. The van der Waals surface area contributed by atoms with E-state index in [9.17, 15) is 8.42 Å². The molecule has 0 unspecified atom stereocenters. The van der Waals surface area contributed by atoms with Crippen molar-refractivity contribution in [3.05, 3.63) is 60.9 Å². The Bertz CT molecular complexity index is 1170. The topological polar surface area (TPSA) is 102 Å². The van der Waals surface area contributed by atoms with Gasteiger partial charge in [-0.1, -0.05) is 12.1 Å². The molecule has 26 heavy (non-hydrogen) atoms. The van der Waals surface area contributed by atoms with Crippen molar-refractivity contribution < 1.29 is 8.42 Å². The predicted octanol–water partition coefficient (Wildman–Crippen LogP) is 2.22. The number of nitrogens with one attached hydrogen (secondary N) is 1. The Morgan fingerprint density at radius 1 is 0.962 bits per heavy atom. The van der Waals surface area contributed by atoms with Crippen molar-refractivity contribution in [3.63, 3.8) is 0 Å². The van der Waals surface area contributed by atoms with Gasteiger partial charge in [0.05, 0.1) is 11.9 Å². The summed E-state index contributed by atoms with van der Waals surface area (Å²) in [6.45, 7) is 0. The number of pyridine rings is 1. The van der Waals surface area contributed by atoms with Gasteiger partial charge in [0.2, 0.25) is 10.0 Å². The summed E-state index contributed by atoms with van der Waals surface area (Å²) in [5, 5.41) is 12.9. The van der Waals surface area contributed by atoms with Crippen LogP contribution in [0.4, 0.5) is 5.69 Å². The molecule has 0 atom stereocenters. The Hall–Kier alpha value is -3.33. The Morgan fingerprint density at radius 2 is 1.77 bits per heavy atom. The molecule has 0 saturated heterocycles. The lowest BCUT2D eigenvalue weighted by Crippen LogP contribution is -2.09. The van der Waals surface area contributed by atoms with Gasteiger partial charge >= 0.3 is 0 Å². The SMILES string of the molecule is CS(=O)(=O)Nc1ccc(-c2ccc3nnc(-c4cccnc4)n3n2)cc1. The molecule has 0 bridgehead atoms. The van der Waals surface area contributed by atoms with Crippen LogP contribution in [0.1, 0.15) is 0 Å². The number of nitrogens with zero attached hydrogens (tertiary/aromatic N) is 5. The van der Waals surface area contributed by atoms with Crippen LogP contribution >= 0.6 is 0 Å². The lowest BCUT2D eigenvalue weighted by molar-refractivity contribution is 0.607. The van der Waals surface area contributed by atoms with Crippen LogP contribution in [0, 0.1) is 0 Å². The number of anilines is 1. The smallest absolute Gasteiger partial charge is 0.229 e. The Labute approximate surface area is 149 Å². The Balaban J connectivity index is 1.73. The largest absolute Gasteiger partial charge is 0.284 e. The molecule has 0 spiro atoms. The van der Waals surface area contributed by atoms with E-state index in [1.54, 1.807) is 41.2 Å². The van der Waals surface area contributed by atoms with Gasteiger partial charge in [-0.25, -0.2) is 8.42 Å². The molecule has 0 aliphatic rings. The van der Waals surface area contributed by atoms with E-state index in [0.717, 1.165) is 17.4 Å². The highest BCUT2D eigenvalue weighted by molar-refractivity contribution is 7.92. The number of aromatic nitrogens is 5. The van der Waals surface area contributed by atoms with Crippen LogP contribution in [0.5, 0.6) is 0 Å². The van der Waals surface area contributed by atoms with Gasteiger partial charge in [-0.2, -0.15) is 9.61 Å². The minimum absolute atomic E-state index is 0.498. The molecule has 0 saturated carbocycles. The van der Waals surface area contributed by atoms with Crippen LogP contribution in [0.2, 0.25) is 0 Å². The Kier molecular flexibility index (Phi) is 3.85. The van der Waals surface area contributed by atoms with Crippen LogP contribution in [-0.4, -0.2) is 39.5 Å². The van der Waals surface area contributed by atoms with Gasteiger partial charge < -0.3 is 0 Å². The lowest BCUT2D eigenvalue weighted by atomic mass is 10.1. The van der Waals surface area contributed by atoms with E-state index in [0.29, 0.717) is 22.9 Å². The molecular formula is C17H14N6O2S. The molecule has 0 aliphatic heterocycles. The van der Waals surface area contributed by atoms with Gasteiger partial charge in [-0.05, 0) is 36.4 Å². The monoisotopic (exact) mass is 366 g/mol. The van der Waals surface area contributed by atoms with E-state index in [4.69, 9.17) is 0 Å². The highest BCUT2D eigenvalue weighted by Gasteiger charge is 2.11. The van der Waals surface area contributed by atoms with Gasteiger partial charge in [0.1, 0.15) is 0 Å². The van der Waals surface area contributed by atoms with Crippen LogP contribution < -0.4 is 4.72 Å². The molecule has 0 radical (unpaired) electrons. The van der Waals surface area contributed by atoms with Crippen molar-refractivity contribution in [1.29, 1.82) is 0 Å². The summed E-state index contributed by atoms with van der Waals surface area (Å²) < 4.78 is 26.7. The molecule has 9 heteroatoms. The van der Waals surface area contributed by atoms with Crippen molar-refractivity contribution in [2.45, 2.75) is 0 Å². The molecule has 4 aromatic rings. The summed E-state index contributed by atoms with van der Waals surface area (Å²) >= 11 is 0. The summed E-state index contributed by atoms with van der Waals surface area (Å²) in [5.74, 6) is 0.602. The van der Waals surface area contributed by atoms with Crippen LogP contribution in [0.15, 0.2) is 60.9 Å². The fraction of sp³-hybridized carbons (Fsp3) is 0.0588. The first kappa shape index (κ1) is 16.2. The first-order valence-corrected chi connectivity index (χ1v) is 9.60. The van der Waals surface area contributed by atoms with Crippen molar-refractivity contribution >= 4 is 21.4 Å². The molecular weight excluding hydrogens is 352 g/mol. The number of sulfonamides is 1. The first-order valence-electron chi connectivity index (χ1n) is 7.71. The standard InChI is InChI=1S/C17H14N6O2S/c1-26(24,25)22-14-6-4-12(5-7-14)15-8-9-16-19-20-17(23(16)21-15)13-3-2-10-18-11-13/h2-11,22H,1H3. The van der Waals surface area contributed by atoms with E-state index in [1.807, 2.05) is 24.3 Å². The van der Waals surface area contributed by atoms with Crippen LogP contribution in [-0.2, 0) is 10.0 Å². The van der Waals surface area contributed by atoms with Crippen molar-refractivity contribution in [1.82, 2.24) is 24.8 Å². The number of fused-ring (bicyclic) bond motifs is 1. The fourth-order valence-electron chi connectivity index (χ4n) is 2.54. The highest BCUT2D eigenvalue weighted by atomic mass is 32.2. The number of benzene rings is 1. The molecule has 3 heterocycles. The van der Waals surface area contributed by atoms with Crippen molar-refractivity contribution in [2.24, 2.45) is 0 Å². The average Bonchev–Trinajstić information content (AvgIpc) is 3.05. The summed E-state index contributed by atoms with van der Waals surface area (Å²) in [4.78, 5) is 4.10. The number of hydrogen-bond donors (Lipinski definition) is 1. The second-order valence-electron chi connectivity index (χ2n) is 5.71. The molecule has 0 amide bonds.